The van der Waals surface area contributed by atoms with E-state index >= 15 is 0 Å². The Morgan fingerprint density at radius 2 is 0.825 bits per heavy atom. The Hall–Kier alpha value is -5.20. The second-order valence-electron chi connectivity index (χ2n) is 8.58. The smallest absolute Gasteiger partial charge is 0.0616 e. The third-order valence-electron chi connectivity index (χ3n) is 6.39. The van der Waals surface area contributed by atoms with Crippen molar-refractivity contribution in [1.29, 1.82) is 0 Å². The molecule has 8 aromatic rings. The van der Waals surface area contributed by atoms with Gasteiger partial charge in [-0.05, 0) is 82.5 Å². The third-order valence-corrected chi connectivity index (χ3v) is 6.39. The first kappa shape index (κ1) is 8.91. The number of hydrogen-bond donors (Lipinski definition) is 0. The molecule has 0 aliphatic rings. The van der Waals surface area contributed by atoms with E-state index in [1.54, 1.807) is 0 Å². The Morgan fingerprint density at radius 1 is 0.325 bits per heavy atom. The summed E-state index contributed by atoms with van der Waals surface area (Å²) in [6.07, 6.45) is 0. The highest BCUT2D eigenvalue weighted by molar-refractivity contribution is 6.23. The van der Waals surface area contributed by atoms with Gasteiger partial charge in [-0.25, -0.2) is 0 Å². The highest BCUT2D eigenvalue weighted by Gasteiger charge is 2.17. The summed E-state index contributed by atoms with van der Waals surface area (Å²) >= 11 is 0. The summed E-state index contributed by atoms with van der Waals surface area (Å²) in [6.45, 7) is 0. The molecule has 0 spiro atoms. The Kier molecular flexibility index (Phi) is 2.05. The van der Waals surface area contributed by atoms with Crippen molar-refractivity contribution in [2.75, 3.05) is 0 Å². The fourth-order valence-electron chi connectivity index (χ4n) is 4.66. The van der Waals surface area contributed by atoms with Crippen molar-refractivity contribution in [1.82, 2.24) is 0 Å². The summed E-state index contributed by atoms with van der Waals surface area (Å²) in [7, 11) is 0. The van der Waals surface area contributed by atoms with E-state index < -0.39 is 222 Å². The first-order chi connectivity index (χ1) is 30.3. The first-order valence-electron chi connectivity index (χ1n) is 24.3. The van der Waals surface area contributed by atoms with Gasteiger partial charge < -0.3 is 0 Å². The van der Waals surface area contributed by atoms with Crippen LogP contribution in [0.25, 0.3) is 76.5 Å². The van der Waals surface area contributed by atoms with Crippen molar-refractivity contribution in [3.8, 4) is 33.4 Å². The quantitative estimate of drug-likeness (QED) is 0.199. The minimum absolute atomic E-state index is 0.355. The first-order valence-corrected chi connectivity index (χ1v) is 11.8. The van der Waals surface area contributed by atoms with Gasteiger partial charge in [0.2, 0.25) is 0 Å². The predicted octanol–water partition coefficient (Wildman–Crippen LogP) is 11.3. The van der Waals surface area contributed by atoms with Crippen LogP contribution < -0.4 is 0 Å². The summed E-state index contributed by atoms with van der Waals surface area (Å²) in [5.41, 5.74) is -3.91. The zero-order valence-electron chi connectivity index (χ0n) is 45.1. The van der Waals surface area contributed by atoms with Gasteiger partial charge in [-0.2, -0.15) is 0 Å². The van der Waals surface area contributed by atoms with E-state index in [0.29, 0.717) is 0 Å². The second kappa shape index (κ2) is 9.22. The molecule has 0 nitrogen and oxygen atoms in total. The Labute approximate surface area is 268 Å². The maximum absolute atomic E-state index is 9.42. The molecule has 0 radical (unpaired) electrons. The van der Waals surface area contributed by atoms with Crippen molar-refractivity contribution in [2.24, 2.45) is 0 Å². The van der Waals surface area contributed by atoms with Gasteiger partial charge in [0.25, 0.3) is 0 Å². The standard InChI is InChI=1S/C40H26/c1-2-12-31-26-32(25-22-27(31)10-1)28-20-23-30(24-21-28)39-35-15-5-7-17-37(35)40(38-18-8-6-16-36(38)39)34-19-9-13-29-11-3-4-14-33(29)34/h1-26H/i1D,2D,3D,4D,5D,6D,7D,8D,9D,10D,11D,12D,13D,14D,15D,16D,17D,18D,19D,20D,21D,22D,23D,24D,26D. The topological polar surface area (TPSA) is 0 Å². The maximum Gasteiger partial charge on any atom is 0.0636 e. The Bertz CT molecular complexity index is 3480. The molecule has 8 aromatic carbocycles. The molecule has 0 amide bonds. The molecule has 0 heteroatoms. The molecule has 0 atom stereocenters. The van der Waals surface area contributed by atoms with Gasteiger partial charge in [0.15, 0.2) is 0 Å². The van der Waals surface area contributed by atoms with Crippen LogP contribution in [-0.4, -0.2) is 0 Å². The molecule has 0 fully saturated rings. The van der Waals surface area contributed by atoms with Gasteiger partial charge in [-0.3, -0.25) is 0 Å². The fraction of sp³-hybridized carbons (Fsp3) is 0. The van der Waals surface area contributed by atoms with Gasteiger partial charge in [0, 0.05) is 0 Å². The SMILES string of the molecule is [2H]c1c([2H])c(-c2c3c([2H])c([2H])c([2H])c([2H])c3c(-c3c([2H])c([2H])c([2H])c4c([2H])c([2H])c([2H])c([2H])c34)c3c([2H])c([2H])c([2H])c([2H])c23)c([2H])c([2H])c1-c1cc([2H])c2c([2H])c([2H])c([2H])c([2H])c2c1[2H]. The average molecular weight is 532 g/mol. The molecule has 0 heterocycles. The van der Waals surface area contributed by atoms with Gasteiger partial charge in [-0.15, -0.1) is 0 Å². The van der Waals surface area contributed by atoms with Crippen LogP contribution in [0.15, 0.2) is 157 Å². The van der Waals surface area contributed by atoms with Crippen LogP contribution in [0.5, 0.6) is 0 Å². The lowest BCUT2D eigenvalue weighted by atomic mass is 9.84. The minimum Gasteiger partial charge on any atom is -0.0616 e. The monoisotopic (exact) mass is 531 g/mol. The summed E-state index contributed by atoms with van der Waals surface area (Å²) in [6, 6.07) is -20.7. The largest absolute Gasteiger partial charge is 0.0636 e. The van der Waals surface area contributed by atoms with Crippen LogP contribution >= 0.6 is 0 Å². The van der Waals surface area contributed by atoms with E-state index in [0.717, 1.165) is 6.07 Å². The average Bonchev–Trinajstić information content (AvgIpc) is 3.27. The summed E-state index contributed by atoms with van der Waals surface area (Å²) < 4.78 is 221. The van der Waals surface area contributed by atoms with Crippen LogP contribution in [0.3, 0.4) is 0 Å². The molecule has 0 N–H and O–H groups in total. The van der Waals surface area contributed by atoms with Crippen molar-refractivity contribution in [3.63, 3.8) is 0 Å². The molecule has 40 heavy (non-hydrogen) atoms. The van der Waals surface area contributed by atoms with Crippen LogP contribution in [0.2, 0.25) is 0 Å². The minimum atomic E-state index is -0.995. The fourth-order valence-corrected chi connectivity index (χ4v) is 4.66. The summed E-state index contributed by atoms with van der Waals surface area (Å²) in [5, 5.41) is -4.76. The predicted molar refractivity (Wildman–Crippen MR) is 173 cm³/mol. The molecule has 0 saturated carbocycles. The van der Waals surface area contributed by atoms with E-state index in [2.05, 4.69) is 0 Å². The molecule has 0 bridgehead atoms. The van der Waals surface area contributed by atoms with E-state index in [1.165, 1.54) is 0 Å². The molecule has 0 saturated heterocycles. The lowest BCUT2D eigenvalue weighted by Gasteiger charge is -2.19. The summed E-state index contributed by atoms with van der Waals surface area (Å²) in [4.78, 5) is 0. The lowest BCUT2D eigenvalue weighted by Crippen LogP contribution is -1.91. The van der Waals surface area contributed by atoms with Gasteiger partial charge in [0.05, 0.1) is 34.3 Å². The van der Waals surface area contributed by atoms with Crippen molar-refractivity contribution in [2.45, 2.75) is 0 Å². The highest BCUT2D eigenvalue weighted by atomic mass is 14.2. The molecule has 0 aliphatic carbocycles. The molecular weight excluding hydrogens is 480 g/mol. The number of hydrogen-bond acceptors (Lipinski definition) is 0. The van der Waals surface area contributed by atoms with Gasteiger partial charge >= 0.3 is 0 Å². The van der Waals surface area contributed by atoms with Crippen molar-refractivity contribution < 1.29 is 34.3 Å². The highest BCUT2D eigenvalue weighted by Crippen LogP contribution is 2.45. The summed E-state index contributed by atoms with van der Waals surface area (Å²) in [5.74, 6) is 0. The lowest BCUT2D eigenvalue weighted by molar-refractivity contribution is 1.63. The Balaban J connectivity index is 1.67. The maximum atomic E-state index is 9.42. The molecule has 8 rings (SSSR count). The molecule has 0 unspecified atom stereocenters. The molecule has 0 aliphatic heterocycles. The number of benzene rings is 8. The van der Waals surface area contributed by atoms with E-state index in [-0.39, 0.29) is 5.39 Å². The van der Waals surface area contributed by atoms with E-state index in [4.69, 9.17) is 21.9 Å². The van der Waals surface area contributed by atoms with Crippen LogP contribution in [0, 0.1) is 0 Å². The third kappa shape index (κ3) is 3.61. The van der Waals surface area contributed by atoms with Crippen LogP contribution in [0.1, 0.15) is 34.3 Å². The van der Waals surface area contributed by atoms with E-state index in [9.17, 15) is 12.3 Å². The number of rotatable bonds is 3. The van der Waals surface area contributed by atoms with E-state index in [1.807, 2.05) is 0 Å². The van der Waals surface area contributed by atoms with Crippen molar-refractivity contribution >= 4 is 43.1 Å². The number of fused-ring (bicyclic) bond motifs is 4. The zero-order chi connectivity index (χ0) is 48.2. The van der Waals surface area contributed by atoms with Gasteiger partial charge in [0.1, 0.15) is 0 Å². The normalized spacial score (nSPS) is 20.2. The van der Waals surface area contributed by atoms with Crippen LogP contribution in [0.4, 0.5) is 0 Å². The van der Waals surface area contributed by atoms with Crippen molar-refractivity contribution in [3.05, 3.63) is 157 Å². The zero-order valence-corrected chi connectivity index (χ0v) is 20.1. The molecule has 0 aromatic heterocycles. The van der Waals surface area contributed by atoms with Crippen LogP contribution in [-0.2, 0) is 0 Å². The van der Waals surface area contributed by atoms with Gasteiger partial charge in [-0.1, -0.05) is 151 Å². The molecule has 186 valence electrons. The Morgan fingerprint density at radius 3 is 1.50 bits per heavy atom. The molecular formula is C40H26. The second-order valence-corrected chi connectivity index (χ2v) is 8.58.